The van der Waals surface area contributed by atoms with E-state index < -0.39 is 0 Å². The fourth-order valence-corrected chi connectivity index (χ4v) is 10.1. The number of hydrogen-bond donors (Lipinski definition) is 3. The average molecular weight is 2040 g/mol. The Morgan fingerprint density at radius 2 is 0.792 bits per heavy atom. The van der Waals surface area contributed by atoms with Crippen molar-refractivity contribution in [2.75, 3.05) is 0 Å². The van der Waals surface area contributed by atoms with Gasteiger partial charge in [0.05, 0.1) is 33.8 Å². The van der Waals surface area contributed by atoms with Crippen LogP contribution < -0.4 is 0 Å². The van der Waals surface area contributed by atoms with E-state index in [1.54, 1.807) is 0 Å². The summed E-state index contributed by atoms with van der Waals surface area (Å²) in [7, 11) is 0. The van der Waals surface area contributed by atoms with Crippen molar-refractivity contribution < 1.29 is 110 Å². The van der Waals surface area contributed by atoms with Crippen molar-refractivity contribution in [2.24, 2.45) is 0 Å². The summed E-state index contributed by atoms with van der Waals surface area (Å²) in [6.45, 7) is 12.7. The van der Waals surface area contributed by atoms with Gasteiger partial charge in [0.2, 0.25) is 0 Å². The summed E-state index contributed by atoms with van der Waals surface area (Å²) < 4.78 is 0. The molecule has 4 heterocycles. The first-order valence-electron chi connectivity index (χ1n) is 31.4. The Morgan fingerprint density at radius 1 is 0.356 bits per heavy atom. The van der Waals surface area contributed by atoms with E-state index in [4.69, 9.17) is 30.3 Å². The predicted octanol–water partition coefficient (Wildman–Crippen LogP) is 21.3. The van der Waals surface area contributed by atoms with Gasteiger partial charge in [0, 0.05) is 105 Å². The fraction of sp³-hybridized carbons (Fsp3) is 0.0920. The largest absolute Gasteiger partial charge is 0.512 e. The number of nitrogens with zero attached hydrogens (tertiary/aromatic N) is 4. The Bertz CT molecular complexity index is 4910. The van der Waals surface area contributed by atoms with Crippen LogP contribution in [-0.4, -0.2) is 52.6 Å². The molecule has 0 aliphatic rings. The fourth-order valence-electron chi connectivity index (χ4n) is 10.1. The van der Waals surface area contributed by atoms with Crippen LogP contribution in [-0.2, 0) is 94.8 Å². The monoisotopic (exact) mass is 2040 g/mol. The second-order valence-electron chi connectivity index (χ2n) is 22.6. The van der Waals surface area contributed by atoms with Crippen LogP contribution in [0, 0.1) is 38.1 Å². The van der Waals surface area contributed by atoms with E-state index in [0.717, 1.165) is 77.9 Å². The molecule has 0 amide bonds. The van der Waals surface area contributed by atoms with Gasteiger partial charge in [-0.2, -0.15) is 0 Å². The molecular weight excluding hydrogens is 1970 g/mol. The normalized spacial score (nSPS) is 10.5. The number of pyridine rings is 4. The van der Waals surface area contributed by atoms with Gasteiger partial charge in [0.15, 0.2) is 17.3 Å². The van der Waals surface area contributed by atoms with Crippen LogP contribution >= 0.6 is 0 Å². The Labute approximate surface area is 645 Å². The summed E-state index contributed by atoms with van der Waals surface area (Å²) >= 11 is 0. The van der Waals surface area contributed by atoms with Crippen molar-refractivity contribution in [1.29, 1.82) is 0 Å². The topological polar surface area (TPSA) is 163 Å². The van der Waals surface area contributed by atoms with Gasteiger partial charge in [-0.05, 0) is 116 Å². The van der Waals surface area contributed by atoms with Crippen molar-refractivity contribution in [3.63, 3.8) is 0 Å². The predicted molar refractivity (Wildman–Crippen MR) is 398 cm³/mol. The third kappa shape index (κ3) is 27.1. The molecule has 14 heteroatoms. The molecule has 0 unspecified atom stereocenters. The molecule has 0 spiro atoms. The summed E-state index contributed by atoms with van der Waals surface area (Å²) in [5.74, 6) is -0.187. The number of para-hydroxylation sites is 3. The number of aryl methyl sites for hydroxylation is 2. The molecule has 4 aromatic heterocycles. The number of aliphatic hydroxyl groups is 3. The summed E-state index contributed by atoms with van der Waals surface area (Å²) in [6.07, 6.45) is 5.35. The van der Waals surface area contributed by atoms with Crippen molar-refractivity contribution in [3.8, 4) is 56.2 Å². The standard InChI is InChI=1S/C21H14N.C19H12N.C17H14N.C15H10N.3C5H8O2.4Ir/c1-2-6-16(7-3-1)17-10-12-19(13-11-17)21-15-14-18-8-4-5-9-20(18)22-21;1-2-7-16-13-17(10-9-14(16)5-1)19-12-11-15-6-3-4-8-18(15)20-19;1-12-9-13(2)11-15(10-12)17-8-7-14-5-3-4-6-16(14)18-17;1-2-7-13(8-3-1)15-14-9-5-4-6-12(14)10-11-16-15;3*1-4(6)3-5(2)7;;;;/h1-12,14-15H;1-9,11-13H;3-10H,1-2H3;1-7,9-11H;3*3,6H,1-2H3;;;;/q4*-1;;;;;;;. The van der Waals surface area contributed by atoms with Gasteiger partial charge in [0.25, 0.3) is 0 Å². The van der Waals surface area contributed by atoms with Gasteiger partial charge >= 0.3 is 0 Å². The number of aliphatic hydroxyl groups excluding tert-OH is 3. The maximum atomic E-state index is 10.0. The number of carbonyl (C=O) groups excluding carboxylic acids is 3. The zero-order chi connectivity index (χ0) is 69.1. The molecule has 101 heavy (non-hydrogen) atoms. The van der Waals surface area contributed by atoms with Crippen molar-refractivity contribution in [2.45, 2.75) is 55.4 Å². The molecule has 0 atom stereocenters. The minimum Gasteiger partial charge on any atom is -0.512 e. The third-order valence-corrected chi connectivity index (χ3v) is 14.2. The smallest absolute Gasteiger partial charge is 0.155 e. The van der Waals surface area contributed by atoms with Gasteiger partial charge in [-0.1, -0.05) is 200 Å². The number of rotatable bonds is 8. The molecule has 0 bridgehead atoms. The minimum absolute atomic E-state index is 0. The van der Waals surface area contributed by atoms with E-state index >= 15 is 0 Å². The van der Waals surface area contributed by atoms with Crippen LogP contribution in [0.3, 0.4) is 0 Å². The molecule has 0 aliphatic carbocycles. The van der Waals surface area contributed by atoms with Gasteiger partial charge in [-0.15, -0.1) is 130 Å². The van der Waals surface area contributed by atoms with E-state index in [2.05, 4.69) is 170 Å². The number of hydrogen-bond acceptors (Lipinski definition) is 10. The van der Waals surface area contributed by atoms with E-state index in [9.17, 15) is 14.4 Å². The Kier molecular flexibility index (Phi) is 35.7. The first-order valence-corrected chi connectivity index (χ1v) is 31.4. The van der Waals surface area contributed by atoms with Crippen LogP contribution in [0.4, 0.5) is 0 Å². The zero-order valence-electron chi connectivity index (χ0n) is 56.8. The van der Waals surface area contributed by atoms with Crippen LogP contribution in [0.1, 0.15) is 52.7 Å². The van der Waals surface area contributed by atoms with Gasteiger partial charge < -0.3 is 20.3 Å². The number of fused-ring (bicyclic) bond motifs is 5. The average Bonchev–Trinajstić information content (AvgIpc) is 0.830. The number of carbonyl (C=O) groups is 3. The first kappa shape index (κ1) is 83.7. The minimum atomic E-state index is -0.125. The Hall–Kier alpha value is -9.67. The molecule has 518 valence electrons. The van der Waals surface area contributed by atoms with Crippen LogP contribution in [0.25, 0.3) is 110 Å². The molecule has 0 saturated carbocycles. The van der Waals surface area contributed by atoms with Crippen molar-refractivity contribution in [1.82, 2.24) is 19.9 Å². The zero-order valence-corrected chi connectivity index (χ0v) is 66.4. The molecule has 14 rings (SSSR count). The maximum Gasteiger partial charge on any atom is 0.155 e. The number of benzene rings is 10. The summed E-state index contributed by atoms with van der Waals surface area (Å²) in [5.41, 5.74) is 15.9. The summed E-state index contributed by atoms with van der Waals surface area (Å²) in [5, 5.41) is 33.4. The van der Waals surface area contributed by atoms with E-state index in [1.165, 1.54) is 103 Å². The summed E-state index contributed by atoms with van der Waals surface area (Å²) in [6, 6.07) is 102. The Balaban J connectivity index is 0.000000259. The second-order valence-corrected chi connectivity index (χ2v) is 22.6. The molecule has 3 N–H and O–H groups in total. The molecule has 0 fully saturated rings. The summed E-state index contributed by atoms with van der Waals surface area (Å²) in [4.78, 5) is 48.6. The Morgan fingerprint density at radius 3 is 1.25 bits per heavy atom. The molecular formula is C87H74Ir4N4O6-4. The van der Waals surface area contributed by atoms with E-state index in [1.807, 2.05) is 140 Å². The van der Waals surface area contributed by atoms with Crippen LogP contribution in [0.5, 0.6) is 0 Å². The number of aromatic nitrogens is 4. The van der Waals surface area contributed by atoms with E-state index in [-0.39, 0.29) is 115 Å². The van der Waals surface area contributed by atoms with E-state index in [0.29, 0.717) is 0 Å². The SMILES string of the molecule is CC(=O)C=C(C)O.CC(=O)C=C(C)O.CC(=O)C=C(C)O.Cc1[c-]c(-c2ccc3ccccc3n2)cc(C)c1.[Ir].[Ir].[Ir].[Ir].[c-]1cc(-c2ccccc2)ccc1-c1ccc2ccccc2n1.[c-]1cc2ccccc2cc1-c1ccc2ccccc2n1.[c-]1ccccc1-c1nccc2ccccc12. The molecule has 10 aromatic carbocycles. The van der Waals surface area contributed by atoms with Gasteiger partial charge in [0.1, 0.15) is 0 Å². The molecule has 10 nitrogen and oxygen atoms in total. The van der Waals surface area contributed by atoms with Crippen LogP contribution in [0.15, 0.2) is 303 Å². The van der Waals surface area contributed by atoms with Crippen molar-refractivity contribution >= 4 is 71.6 Å². The first-order chi connectivity index (χ1) is 46.8. The number of allylic oxidation sites excluding steroid dienone is 6. The third-order valence-electron chi connectivity index (χ3n) is 14.2. The number of ketones is 3. The van der Waals surface area contributed by atoms with Gasteiger partial charge in [-0.3, -0.25) is 29.3 Å². The molecule has 0 saturated heterocycles. The maximum absolute atomic E-state index is 10.0. The van der Waals surface area contributed by atoms with Crippen molar-refractivity contribution in [3.05, 3.63) is 338 Å². The van der Waals surface area contributed by atoms with Crippen LogP contribution in [0.2, 0.25) is 0 Å². The molecule has 4 radical (unpaired) electrons. The quantitative estimate of drug-likeness (QED) is 0.0758. The van der Waals surface area contributed by atoms with Gasteiger partial charge in [-0.25, -0.2) is 0 Å². The molecule has 14 aromatic rings. The molecule has 0 aliphatic heterocycles. The second kappa shape index (κ2) is 43.1.